The zero-order valence-electron chi connectivity index (χ0n) is 29.0. The van der Waals surface area contributed by atoms with E-state index in [9.17, 15) is 0 Å². The molecule has 1 nitrogen and oxygen atoms in total. The van der Waals surface area contributed by atoms with E-state index in [4.69, 9.17) is 0 Å². The largest absolute Gasteiger partial charge is 0.298 e. The van der Waals surface area contributed by atoms with Gasteiger partial charge in [0.05, 0.1) is 0 Å². The third-order valence-corrected chi connectivity index (χ3v) is 8.88. The molecule has 1 heteroatoms. The van der Waals surface area contributed by atoms with Crippen LogP contribution >= 0.6 is 0 Å². The Labute approximate surface area is 250 Å². The lowest BCUT2D eigenvalue weighted by molar-refractivity contribution is 0.0730. The van der Waals surface area contributed by atoms with E-state index in [1.165, 1.54) is 186 Å². The molecule has 39 heavy (non-hydrogen) atoms. The second-order valence-corrected chi connectivity index (χ2v) is 15.0. The lowest BCUT2D eigenvalue weighted by atomic mass is 9.80. The molecule has 0 aliphatic heterocycles. The first-order valence-corrected chi connectivity index (χ1v) is 18.5. The molecule has 0 atom stereocenters. The zero-order valence-corrected chi connectivity index (χ0v) is 29.0. The molecule has 0 heterocycles. The summed E-state index contributed by atoms with van der Waals surface area (Å²) in [4.78, 5) is 2.87. The minimum Gasteiger partial charge on any atom is -0.298 e. The first kappa shape index (κ1) is 39.0. The van der Waals surface area contributed by atoms with Crippen molar-refractivity contribution in [3.63, 3.8) is 0 Å². The molecule has 0 aliphatic carbocycles. The van der Waals surface area contributed by atoms with Gasteiger partial charge in [0.2, 0.25) is 0 Å². The van der Waals surface area contributed by atoms with Gasteiger partial charge in [-0.05, 0) is 51.6 Å². The Morgan fingerprint density at radius 3 is 0.795 bits per heavy atom. The van der Waals surface area contributed by atoms with Crippen LogP contribution in [0.1, 0.15) is 222 Å². The Morgan fingerprint density at radius 2 is 0.564 bits per heavy atom. The van der Waals surface area contributed by atoms with E-state index in [1.807, 2.05) is 0 Å². The van der Waals surface area contributed by atoms with Crippen LogP contribution in [-0.4, -0.2) is 23.5 Å². The molecular formula is C38H79N. The molecule has 0 N–H and O–H groups in total. The highest BCUT2D eigenvalue weighted by Gasteiger charge is 2.30. The second kappa shape index (κ2) is 26.8. The van der Waals surface area contributed by atoms with Crippen molar-refractivity contribution in [2.75, 3.05) is 13.1 Å². The fraction of sp³-hybridized carbons (Fsp3) is 1.00. The molecule has 0 amide bonds. The van der Waals surface area contributed by atoms with E-state index in [-0.39, 0.29) is 0 Å². The van der Waals surface area contributed by atoms with Gasteiger partial charge in [-0.2, -0.15) is 0 Å². The van der Waals surface area contributed by atoms with Crippen molar-refractivity contribution < 1.29 is 0 Å². The molecule has 0 saturated heterocycles. The Morgan fingerprint density at radius 1 is 0.333 bits per heavy atom. The normalized spacial score (nSPS) is 12.6. The number of nitrogens with zero attached hydrogens (tertiary/aromatic N) is 1. The standard InChI is InChI=1S/C38H79N/c1-8-10-12-14-16-18-20-22-24-26-28-30-32-34-39(38(6,7)36-37(3,4)5)35-33-31-29-27-25-23-21-19-17-15-13-11-9-2/h8-36H2,1-7H3. The van der Waals surface area contributed by atoms with Crippen molar-refractivity contribution in [1.82, 2.24) is 4.90 Å². The second-order valence-electron chi connectivity index (χ2n) is 15.0. The summed E-state index contributed by atoms with van der Waals surface area (Å²) in [6.07, 6.45) is 38.9. The van der Waals surface area contributed by atoms with Gasteiger partial charge in [-0.15, -0.1) is 0 Å². The molecule has 0 aromatic carbocycles. The lowest BCUT2D eigenvalue weighted by Crippen LogP contribution is -2.47. The first-order valence-electron chi connectivity index (χ1n) is 18.5. The van der Waals surface area contributed by atoms with Gasteiger partial charge in [-0.1, -0.05) is 189 Å². The first-order chi connectivity index (χ1) is 18.7. The quantitative estimate of drug-likeness (QED) is 0.0805. The van der Waals surface area contributed by atoms with Gasteiger partial charge < -0.3 is 0 Å². The molecule has 0 unspecified atom stereocenters. The van der Waals surface area contributed by atoms with E-state index < -0.39 is 0 Å². The Kier molecular flexibility index (Phi) is 26.8. The highest BCUT2D eigenvalue weighted by molar-refractivity contribution is 4.86. The average molecular weight is 550 g/mol. The molecule has 0 bridgehead atoms. The van der Waals surface area contributed by atoms with Crippen molar-refractivity contribution in [1.29, 1.82) is 0 Å². The number of unbranched alkanes of at least 4 members (excludes halogenated alkanes) is 24. The molecule has 0 saturated carbocycles. The Balaban J connectivity index is 4.00. The van der Waals surface area contributed by atoms with Gasteiger partial charge in [-0.25, -0.2) is 0 Å². The summed E-state index contributed by atoms with van der Waals surface area (Å²) in [6.45, 7) is 19.5. The van der Waals surface area contributed by atoms with Crippen molar-refractivity contribution in [2.24, 2.45) is 5.41 Å². The summed E-state index contributed by atoms with van der Waals surface area (Å²) < 4.78 is 0. The minimum absolute atomic E-state index is 0.312. The van der Waals surface area contributed by atoms with Crippen LogP contribution in [-0.2, 0) is 0 Å². The smallest absolute Gasteiger partial charge is 0.0158 e. The van der Waals surface area contributed by atoms with E-state index >= 15 is 0 Å². The van der Waals surface area contributed by atoms with Crippen molar-refractivity contribution in [3.05, 3.63) is 0 Å². The molecule has 0 aromatic heterocycles. The van der Waals surface area contributed by atoms with E-state index in [1.54, 1.807) is 0 Å². The SMILES string of the molecule is CCCCCCCCCCCCCCCN(CCCCCCCCCCCCCCC)C(C)(C)CC(C)(C)C. The highest BCUT2D eigenvalue weighted by Crippen LogP contribution is 2.32. The van der Waals surface area contributed by atoms with Gasteiger partial charge in [-0.3, -0.25) is 4.90 Å². The summed E-state index contributed by atoms with van der Waals surface area (Å²) in [6, 6.07) is 0. The van der Waals surface area contributed by atoms with Crippen molar-refractivity contribution in [3.8, 4) is 0 Å². The average Bonchev–Trinajstić information content (AvgIpc) is 2.86. The molecule has 0 fully saturated rings. The van der Waals surface area contributed by atoms with Crippen LogP contribution in [0.2, 0.25) is 0 Å². The van der Waals surface area contributed by atoms with Crippen molar-refractivity contribution >= 4 is 0 Å². The summed E-state index contributed by atoms with van der Waals surface area (Å²) in [7, 11) is 0. The van der Waals surface area contributed by atoms with E-state index in [2.05, 4.69) is 53.4 Å². The lowest BCUT2D eigenvalue weighted by Gasteiger charge is -2.43. The fourth-order valence-corrected chi connectivity index (χ4v) is 6.77. The van der Waals surface area contributed by atoms with Crippen LogP contribution in [0.5, 0.6) is 0 Å². The van der Waals surface area contributed by atoms with Crippen LogP contribution in [0.15, 0.2) is 0 Å². The molecular weight excluding hydrogens is 470 g/mol. The maximum atomic E-state index is 2.87. The van der Waals surface area contributed by atoms with E-state index in [0.29, 0.717) is 11.0 Å². The Bertz CT molecular complexity index is 444. The third-order valence-electron chi connectivity index (χ3n) is 8.88. The summed E-state index contributed by atoms with van der Waals surface area (Å²) in [5.41, 5.74) is 0.709. The van der Waals surface area contributed by atoms with Gasteiger partial charge in [0.1, 0.15) is 0 Å². The topological polar surface area (TPSA) is 3.24 Å². The molecule has 0 radical (unpaired) electrons. The van der Waals surface area contributed by atoms with Crippen LogP contribution in [0.25, 0.3) is 0 Å². The van der Waals surface area contributed by atoms with Gasteiger partial charge >= 0.3 is 0 Å². The number of hydrogen-bond acceptors (Lipinski definition) is 1. The van der Waals surface area contributed by atoms with Gasteiger partial charge in [0.15, 0.2) is 0 Å². The number of hydrogen-bond donors (Lipinski definition) is 0. The van der Waals surface area contributed by atoms with Crippen LogP contribution in [0, 0.1) is 5.41 Å². The molecule has 0 spiro atoms. The maximum absolute atomic E-state index is 2.87. The molecule has 236 valence electrons. The predicted octanol–water partition coefficient (Wildman–Crippen LogP) is 13.7. The van der Waals surface area contributed by atoms with Crippen LogP contribution < -0.4 is 0 Å². The molecule has 0 aromatic rings. The summed E-state index contributed by atoms with van der Waals surface area (Å²) in [5, 5.41) is 0. The molecule has 0 rings (SSSR count). The van der Waals surface area contributed by atoms with Gasteiger partial charge in [0.25, 0.3) is 0 Å². The van der Waals surface area contributed by atoms with E-state index in [0.717, 1.165) is 0 Å². The van der Waals surface area contributed by atoms with Gasteiger partial charge in [0, 0.05) is 5.54 Å². The maximum Gasteiger partial charge on any atom is 0.0158 e. The fourth-order valence-electron chi connectivity index (χ4n) is 6.77. The molecule has 0 aliphatic rings. The van der Waals surface area contributed by atoms with Crippen molar-refractivity contribution in [2.45, 2.75) is 227 Å². The zero-order chi connectivity index (χ0) is 29.1. The van der Waals surface area contributed by atoms with Crippen LogP contribution in [0.3, 0.4) is 0 Å². The Hall–Kier alpha value is -0.0400. The summed E-state index contributed by atoms with van der Waals surface area (Å²) in [5.74, 6) is 0. The predicted molar refractivity (Wildman–Crippen MR) is 181 cm³/mol. The summed E-state index contributed by atoms with van der Waals surface area (Å²) >= 11 is 0. The monoisotopic (exact) mass is 550 g/mol. The third kappa shape index (κ3) is 27.9. The number of rotatable bonds is 30. The minimum atomic E-state index is 0.312. The highest BCUT2D eigenvalue weighted by atomic mass is 15.2. The van der Waals surface area contributed by atoms with Crippen LogP contribution in [0.4, 0.5) is 0 Å².